The molecule has 0 aliphatic rings. The number of aromatic nitrogens is 2. The van der Waals surface area contributed by atoms with E-state index in [1.165, 1.54) is 0 Å². The van der Waals surface area contributed by atoms with Gasteiger partial charge in [0.15, 0.2) is 5.58 Å². The fourth-order valence-electron chi connectivity index (χ4n) is 3.97. The molecule has 0 aliphatic carbocycles. The zero-order valence-corrected chi connectivity index (χ0v) is 16.6. The number of hydrogen-bond donors (Lipinski definition) is 1. The lowest BCUT2D eigenvalue weighted by Gasteiger charge is -2.09. The molecular formula is C25H21N3O2. The summed E-state index contributed by atoms with van der Waals surface area (Å²) in [7, 11) is 0. The maximum atomic E-state index is 13.5. The van der Waals surface area contributed by atoms with Gasteiger partial charge in [0, 0.05) is 36.4 Å². The lowest BCUT2D eigenvalue weighted by molar-refractivity contribution is 0.629. The number of aryl methyl sites for hydroxylation is 1. The van der Waals surface area contributed by atoms with Crippen LogP contribution in [-0.2, 0) is 13.1 Å². The van der Waals surface area contributed by atoms with Crippen LogP contribution in [0.4, 0.5) is 5.88 Å². The third-order valence-electron chi connectivity index (χ3n) is 5.37. The average Bonchev–Trinajstić information content (AvgIpc) is 3.19. The van der Waals surface area contributed by atoms with Gasteiger partial charge in [-0.25, -0.2) is 0 Å². The molecule has 0 fully saturated rings. The Kier molecular flexibility index (Phi) is 4.56. The van der Waals surface area contributed by atoms with Crippen LogP contribution in [0.25, 0.3) is 33.0 Å². The molecule has 3 heterocycles. The number of fused-ring (bicyclic) bond motifs is 3. The van der Waals surface area contributed by atoms with Gasteiger partial charge in [0.25, 0.3) is 5.56 Å². The fraction of sp³-hybridized carbons (Fsp3) is 0.120. The molecule has 148 valence electrons. The molecule has 2 aromatic carbocycles. The van der Waals surface area contributed by atoms with Gasteiger partial charge in [-0.3, -0.25) is 9.78 Å². The first kappa shape index (κ1) is 18.2. The molecule has 5 rings (SSSR count). The minimum Gasteiger partial charge on any atom is -0.439 e. The molecule has 0 aliphatic heterocycles. The second-order valence-electron chi connectivity index (χ2n) is 7.16. The fourth-order valence-corrected chi connectivity index (χ4v) is 3.97. The summed E-state index contributed by atoms with van der Waals surface area (Å²) in [5.41, 5.74) is 4.16. The van der Waals surface area contributed by atoms with E-state index in [0.717, 1.165) is 27.6 Å². The number of nitrogens with one attached hydrogen (secondary N) is 1. The third-order valence-corrected chi connectivity index (χ3v) is 5.37. The summed E-state index contributed by atoms with van der Waals surface area (Å²) in [4.78, 5) is 17.8. The zero-order chi connectivity index (χ0) is 20.5. The first-order valence-electron chi connectivity index (χ1n) is 10.0. The third kappa shape index (κ3) is 2.95. The lowest BCUT2D eigenvalue weighted by atomic mass is 10.0. The molecule has 5 aromatic rings. The normalized spacial score (nSPS) is 11.2. The number of hydrogen-bond acceptors (Lipinski definition) is 4. The Morgan fingerprint density at radius 3 is 2.57 bits per heavy atom. The van der Waals surface area contributed by atoms with Crippen molar-refractivity contribution in [2.24, 2.45) is 0 Å². The van der Waals surface area contributed by atoms with Crippen molar-refractivity contribution in [3.8, 4) is 11.1 Å². The van der Waals surface area contributed by atoms with Crippen molar-refractivity contribution in [1.29, 1.82) is 0 Å². The van der Waals surface area contributed by atoms with Crippen LogP contribution in [0.15, 0.2) is 88.3 Å². The van der Waals surface area contributed by atoms with Crippen molar-refractivity contribution < 1.29 is 4.42 Å². The summed E-state index contributed by atoms with van der Waals surface area (Å²) in [6, 6.07) is 21.8. The van der Waals surface area contributed by atoms with Gasteiger partial charge in [-0.1, -0.05) is 48.5 Å². The predicted octanol–water partition coefficient (Wildman–Crippen LogP) is 5.44. The van der Waals surface area contributed by atoms with Crippen molar-refractivity contribution in [2.45, 2.75) is 20.0 Å². The Bertz CT molecular complexity index is 1390. The molecule has 0 saturated carbocycles. The number of pyridine rings is 2. The molecule has 0 unspecified atom stereocenters. The topological polar surface area (TPSA) is 60.1 Å². The summed E-state index contributed by atoms with van der Waals surface area (Å²) in [6.45, 7) is 3.16. The van der Waals surface area contributed by atoms with E-state index in [9.17, 15) is 4.79 Å². The van der Waals surface area contributed by atoms with Crippen LogP contribution in [0, 0.1) is 0 Å². The molecule has 0 bridgehead atoms. The average molecular weight is 395 g/mol. The van der Waals surface area contributed by atoms with Crippen LogP contribution in [0.5, 0.6) is 0 Å². The number of para-hydroxylation sites is 1. The minimum atomic E-state index is -0.0541. The highest BCUT2D eigenvalue weighted by Crippen LogP contribution is 2.39. The van der Waals surface area contributed by atoms with Gasteiger partial charge >= 0.3 is 0 Å². The van der Waals surface area contributed by atoms with Crippen molar-refractivity contribution in [3.63, 3.8) is 0 Å². The van der Waals surface area contributed by atoms with Gasteiger partial charge in [0.2, 0.25) is 5.88 Å². The highest BCUT2D eigenvalue weighted by molar-refractivity contribution is 6.10. The van der Waals surface area contributed by atoms with E-state index in [1.807, 2.05) is 61.5 Å². The Hall–Kier alpha value is -3.86. The maximum Gasteiger partial charge on any atom is 0.262 e. The van der Waals surface area contributed by atoms with E-state index in [4.69, 9.17) is 4.42 Å². The molecule has 0 atom stereocenters. The Morgan fingerprint density at radius 1 is 1.00 bits per heavy atom. The van der Waals surface area contributed by atoms with Crippen LogP contribution in [0.1, 0.15) is 12.5 Å². The standard InChI is InChI=1S/C25H21N3O2/c1-2-28-20-13-7-6-12-19(20)23-22(25(28)29)21(18-11-8-14-26-16-18)24(30-23)27-15-17-9-4-3-5-10-17/h3-14,16,27H,2,15H2,1H3. The van der Waals surface area contributed by atoms with Gasteiger partial charge < -0.3 is 14.3 Å². The van der Waals surface area contributed by atoms with Gasteiger partial charge in [-0.2, -0.15) is 0 Å². The Balaban J connectivity index is 1.80. The van der Waals surface area contributed by atoms with Crippen LogP contribution in [0.2, 0.25) is 0 Å². The molecule has 30 heavy (non-hydrogen) atoms. The van der Waals surface area contributed by atoms with E-state index in [2.05, 4.69) is 22.4 Å². The number of nitrogens with zero attached hydrogens (tertiary/aromatic N) is 2. The SMILES string of the molecule is CCn1c(=O)c2c(-c3cccnc3)c(NCc3ccccc3)oc2c2ccccc21. The van der Waals surface area contributed by atoms with E-state index >= 15 is 0 Å². The maximum absolute atomic E-state index is 13.5. The summed E-state index contributed by atoms with van der Waals surface area (Å²) in [6.07, 6.45) is 3.49. The smallest absolute Gasteiger partial charge is 0.262 e. The first-order chi connectivity index (χ1) is 14.8. The molecule has 0 spiro atoms. The second kappa shape index (κ2) is 7.52. The predicted molar refractivity (Wildman–Crippen MR) is 121 cm³/mol. The molecule has 5 heteroatoms. The second-order valence-corrected chi connectivity index (χ2v) is 7.16. The molecule has 1 N–H and O–H groups in total. The summed E-state index contributed by atoms with van der Waals surface area (Å²) >= 11 is 0. The first-order valence-corrected chi connectivity index (χ1v) is 10.0. The van der Waals surface area contributed by atoms with Crippen LogP contribution in [-0.4, -0.2) is 9.55 Å². The van der Waals surface area contributed by atoms with E-state index in [0.29, 0.717) is 29.9 Å². The van der Waals surface area contributed by atoms with Crippen LogP contribution >= 0.6 is 0 Å². The highest BCUT2D eigenvalue weighted by atomic mass is 16.4. The Labute approximate surface area is 173 Å². The molecule has 5 nitrogen and oxygen atoms in total. The molecule has 0 amide bonds. The number of benzene rings is 2. The lowest BCUT2D eigenvalue weighted by Crippen LogP contribution is -2.19. The zero-order valence-electron chi connectivity index (χ0n) is 16.6. The number of rotatable bonds is 5. The summed E-state index contributed by atoms with van der Waals surface area (Å²) in [5, 5.41) is 4.91. The monoisotopic (exact) mass is 395 g/mol. The number of anilines is 1. The van der Waals surface area contributed by atoms with Gasteiger partial charge in [0.05, 0.1) is 16.5 Å². The van der Waals surface area contributed by atoms with Gasteiger partial charge in [-0.15, -0.1) is 0 Å². The van der Waals surface area contributed by atoms with Crippen molar-refractivity contribution in [1.82, 2.24) is 9.55 Å². The van der Waals surface area contributed by atoms with Crippen LogP contribution in [0.3, 0.4) is 0 Å². The van der Waals surface area contributed by atoms with E-state index < -0.39 is 0 Å². The largest absolute Gasteiger partial charge is 0.439 e. The van der Waals surface area contributed by atoms with Crippen LogP contribution < -0.4 is 10.9 Å². The Morgan fingerprint density at radius 2 is 1.80 bits per heavy atom. The van der Waals surface area contributed by atoms with E-state index in [-0.39, 0.29) is 5.56 Å². The quantitative estimate of drug-likeness (QED) is 0.430. The van der Waals surface area contributed by atoms with E-state index in [1.54, 1.807) is 17.0 Å². The number of furan rings is 1. The molecule has 3 aromatic heterocycles. The molecule has 0 radical (unpaired) electrons. The van der Waals surface area contributed by atoms with Gasteiger partial charge in [-0.05, 0) is 30.7 Å². The van der Waals surface area contributed by atoms with Crippen molar-refractivity contribution in [2.75, 3.05) is 5.32 Å². The highest BCUT2D eigenvalue weighted by Gasteiger charge is 2.23. The molecular weight excluding hydrogens is 374 g/mol. The summed E-state index contributed by atoms with van der Waals surface area (Å²) < 4.78 is 8.12. The summed E-state index contributed by atoms with van der Waals surface area (Å²) in [5.74, 6) is 0.581. The van der Waals surface area contributed by atoms with Crippen molar-refractivity contribution >= 4 is 27.8 Å². The van der Waals surface area contributed by atoms with Gasteiger partial charge in [0.1, 0.15) is 0 Å². The minimum absolute atomic E-state index is 0.0541. The molecule has 0 saturated heterocycles. The van der Waals surface area contributed by atoms with Crippen molar-refractivity contribution in [3.05, 3.63) is 95.0 Å².